The summed E-state index contributed by atoms with van der Waals surface area (Å²) < 4.78 is 11.7. The molecule has 0 aliphatic rings. The summed E-state index contributed by atoms with van der Waals surface area (Å²) in [6, 6.07) is 8.43. The van der Waals surface area contributed by atoms with Crippen molar-refractivity contribution in [3.05, 3.63) is 36.4 Å². The summed E-state index contributed by atoms with van der Waals surface area (Å²) in [4.78, 5) is 0. The average Bonchev–Trinajstić information content (AvgIpc) is 2.27. The van der Waals surface area contributed by atoms with Gasteiger partial charge in [-0.1, -0.05) is 41.6 Å². The lowest BCUT2D eigenvalue weighted by Crippen LogP contribution is -2.36. The normalized spacial score (nSPS) is 11.6. The van der Waals surface area contributed by atoms with Crippen LogP contribution in [0.25, 0.3) is 5.57 Å². The standard InChI is InChI=1S/C16H24O2Si/c1-11(2)14-8-7-9-15(10-14)19-16(17-12(3)4)18-13(5)6/h7-10,12-13,16H,1H2,2-6H3. The molecule has 0 aromatic heterocycles. The van der Waals surface area contributed by atoms with Crippen LogP contribution in [-0.4, -0.2) is 27.6 Å². The molecule has 1 rings (SSSR count). The minimum atomic E-state index is -0.166. The van der Waals surface area contributed by atoms with E-state index in [9.17, 15) is 0 Å². The summed E-state index contributed by atoms with van der Waals surface area (Å²) >= 11 is 0. The minimum Gasteiger partial charge on any atom is -0.354 e. The van der Waals surface area contributed by atoms with Crippen LogP contribution < -0.4 is 5.19 Å². The molecule has 1 aromatic carbocycles. The van der Waals surface area contributed by atoms with Crippen molar-refractivity contribution in [3.8, 4) is 0 Å². The molecule has 2 nitrogen and oxygen atoms in total. The fourth-order valence-corrected chi connectivity index (χ4v) is 2.99. The maximum atomic E-state index is 5.83. The Morgan fingerprint density at radius 3 is 2.16 bits per heavy atom. The predicted octanol–water partition coefficient (Wildman–Crippen LogP) is 3.18. The van der Waals surface area contributed by atoms with E-state index in [0.29, 0.717) is 9.52 Å². The van der Waals surface area contributed by atoms with Gasteiger partial charge in [0.25, 0.3) is 0 Å². The van der Waals surface area contributed by atoms with Gasteiger partial charge < -0.3 is 9.47 Å². The summed E-state index contributed by atoms with van der Waals surface area (Å²) in [5, 5.41) is 1.24. The van der Waals surface area contributed by atoms with Crippen LogP contribution in [0.2, 0.25) is 0 Å². The largest absolute Gasteiger partial charge is 0.354 e. The van der Waals surface area contributed by atoms with Crippen molar-refractivity contribution in [2.24, 2.45) is 0 Å². The third kappa shape index (κ3) is 6.19. The van der Waals surface area contributed by atoms with Crippen LogP contribution in [0.1, 0.15) is 40.2 Å². The van der Waals surface area contributed by atoms with Gasteiger partial charge in [-0.25, -0.2) is 0 Å². The van der Waals surface area contributed by atoms with Gasteiger partial charge in [0.15, 0.2) is 9.52 Å². The van der Waals surface area contributed by atoms with Crippen LogP contribution in [0.15, 0.2) is 30.8 Å². The minimum absolute atomic E-state index is 0.166. The highest BCUT2D eigenvalue weighted by molar-refractivity contribution is 6.54. The van der Waals surface area contributed by atoms with Crippen molar-refractivity contribution in [3.63, 3.8) is 0 Å². The second kappa shape index (κ2) is 7.63. The highest BCUT2D eigenvalue weighted by Gasteiger charge is 2.16. The molecule has 19 heavy (non-hydrogen) atoms. The van der Waals surface area contributed by atoms with Gasteiger partial charge in [-0.2, -0.15) is 0 Å². The van der Waals surface area contributed by atoms with Crippen LogP contribution in [0.4, 0.5) is 0 Å². The molecule has 0 bridgehead atoms. The van der Waals surface area contributed by atoms with Crippen molar-refractivity contribution >= 4 is 20.3 Å². The monoisotopic (exact) mass is 276 g/mol. The molecule has 0 saturated carbocycles. The van der Waals surface area contributed by atoms with Crippen molar-refractivity contribution in [1.82, 2.24) is 0 Å². The van der Waals surface area contributed by atoms with Gasteiger partial charge in [0.1, 0.15) is 5.91 Å². The molecule has 0 atom stereocenters. The SMILES string of the molecule is C=C(C)c1cccc([Si]C(OC(C)C)OC(C)C)c1. The van der Waals surface area contributed by atoms with Crippen molar-refractivity contribution in [2.45, 2.75) is 52.7 Å². The summed E-state index contributed by atoms with van der Waals surface area (Å²) in [7, 11) is 0.485. The first-order valence-corrected chi connectivity index (χ1v) is 7.79. The molecule has 0 spiro atoms. The number of hydrogen-bond donors (Lipinski definition) is 0. The molecule has 0 saturated heterocycles. The molecule has 0 heterocycles. The quantitative estimate of drug-likeness (QED) is 0.562. The highest BCUT2D eigenvalue weighted by Crippen LogP contribution is 2.09. The zero-order chi connectivity index (χ0) is 14.4. The Morgan fingerprint density at radius 2 is 1.68 bits per heavy atom. The molecule has 1 aromatic rings. The van der Waals surface area contributed by atoms with E-state index in [0.717, 1.165) is 5.57 Å². The Morgan fingerprint density at radius 1 is 1.11 bits per heavy atom. The van der Waals surface area contributed by atoms with Gasteiger partial charge in [-0.3, -0.25) is 0 Å². The Labute approximate surface area is 119 Å². The van der Waals surface area contributed by atoms with E-state index in [2.05, 4.69) is 30.8 Å². The Hall–Kier alpha value is -0.903. The topological polar surface area (TPSA) is 18.5 Å². The third-order valence-corrected chi connectivity index (χ3v) is 3.58. The van der Waals surface area contributed by atoms with Gasteiger partial charge >= 0.3 is 0 Å². The van der Waals surface area contributed by atoms with E-state index < -0.39 is 0 Å². The first kappa shape index (κ1) is 16.2. The lowest BCUT2D eigenvalue weighted by molar-refractivity contribution is -0.133. The van der Waals surface area contributed by atoms with Crippen LogP contribution in [0.3, 0.4) is 0 Å². The molecule has 0 fully saturated rings. The summed E-state index contributed by atoms with van der Waals surface area (Å²) in [5.74, 6) is -0.166. The van der Waals surface area contributed by atoms with Crippen LogP contribution in [0.5, 0.6) is 0 Å². The van der Waals surface area contributed by atoms with Crippen molar-refractivity contribution in [2.75, 3.05) is 0 Å². The van der Waals surface area contributed by atoms with E-state index in [-0.39, 0.29) is 18.1 Å². The molecule has 3 heteroatoms. The first-order chi connectivity index (χ1) is 8.88. The summed E-state index contributed by atoms with van der Waals surface area (Å²) in [6.07, 6.45) is 0.334. The molecule has 0 aliphatic heterocycles. The number of hydrogen-bond acceptors (Lipinski definition) is 2. The maximum Gasteiger partial charge on any atom is 0.157 e. The lowest BCUT2D eigenvalue weighted by Gasteiger charge is -2.22. The number of benzene rings is 1. The number of ether oxygens (including phenoxy) is 2. The van der Waals surface area contributed by atoms with Gasteiger partial charge in [-0.15, -0.1) is 0 Å². The molecular formula is C16H24O2Si. The first-order valence-electron chi connectivity index (χ1n) is 6.72. The van der Waals surface area contributed by atoms with Crippen LogP contribution >= 0.6 is 0 Å². The van der Waals surface area contributed by atoms with Gasteiger partial charge in [-0.05, 0) is 40.2 Å². The van der Waals surface area contributed by atoms with E-state index in [1.54, 1.807) is 0 Å². The molecule has 0 unspecified atom stereocenters. The van der Waals surface area contributed by atoms with E-state index >= 15 is 0 Å². The maximum absolute atomic E-state index is 5.83. The highest BCUT2D eigenvalue weighted by atomic mass is 28.2. The van der Waals surface area contributed by atoms with Gasteiger partial charge in [0, 0.05) is 0 Å². The van der Waals surface area contributed by atoms with Gasteiger partial charge in [0.05, 0.1) is 12.2 Å². The number of allylic oxidation sites excluding steroid dienone is 1. The van der Waals surface area contributed by atoms with E-state index in [1.165, 1.54) is 10.8 Å². The fraction of sp³-hybridized carbons (Fsp3) is 0.500. The summed E-state index contributed by atoms with van der Waals surface area (Å²) in [5.41, 5.74) is 2.26. The summed E-state index contributed by atoms with van der Waals surface area (Å²) in [6.45, 7) is 14.1. The zero-order valence-corrected chi connectivity index (χ0v) is 13.6. The fourth-order valence-electron chi connectivity index (χ4n) is 1.61. The Bertz CT molecular complexity index is 403. The number of rotatable bonds is 7. The third-order valence-electron chi connectivity index (χ3n) is 2.43. The van der Waals surface area contributed by atoms with Gasteiger partial charge in [0.2, 0.25) is 0 Å². The second-order valence-corrected chi connectivity index (χ2v) is 6.54. The predicted molar refractivity (Wildman–Crippen MR) is 82.8 cm³/mol. The second-order valence-electron chi connectivity index (χ2n) is 5.21. The molecule has 0 amide bonds. The zero-order valence-electron chi connectivity index (χ0n) is 12.6. The molecule has 0 aliphatic carbocycles. The molecular weight excluding hydrogens is 252 g/mol. The van der Waals surface area contributed by atoms with Crippen LogP contribution in [0, 0.1) is 0 Å². The van der Waals surface area contributed by atoms with E-state index in [4.69, 9.17) is 9.47 Å². The smallest absolute Gasteiger partial charge is 0.157 e. The lowest BCUT2D eigenvalue weighted by atomic mass is 10.1. The average molecular weight is 276 g/mol. The molecule has 104 valence electrons. The molecule has 0 N–H and O–H groups in total. The molecule has 2 radical (unpaired) electrons. The Balaban J connectivity index is 2.77. The van der Waals surface area contributed by atoms with Crippen LogP contribution in [-0.2, 0) is 9.47 Å². The van der Waals surface area contributed by atoms with Crippen molar-refractivity contribution < 1.29 is 9.47 Å². The Kier molecular flexibility index (Phi) is 6.49. The van der Waals surface area contributed by atoms with Crippen molar-refractivity contribution in [1.29, 1.82) is 0 Å². The van der Waals surface area contributed by atoms with E-state index in [1.807, 2.05) is 34.6 Å².